The van der Waals surface area contributed by atoms with Crippen LogP contribution in [0.2, 0.25) is 0 Å². The van der Waals surface area contributed by atoms with Gasteiger partial charge in [-0.05, 0) is 98.2 Å². The van der Waals surface area contributed by atoms with Gasteiger partial charge < -0.3 is 19.7 Å². The summed E-state index contributed by atoms with van der Waals surface area (Å²) in [5.74, 6) is 0. The molecule has 3 heterocycles. The molecular formula is C31H34N4OS. The Morgan fingerprint density at radius 3 is 2.43 bits per heavy atom. The van der Waals surface area contributed by atoms with E-state index in [2.05, 4.69) is 91.4 Å². The lowest BCUT2D eigenvalue weighted by molar-refractivity contribution is 0.194. The lowest BCUT2D eigenvalue weighted by Gasteiger charge is -2.32. The molecule has 0 saturated heterocycles. The van der Waals surface area contributed by atoms with E-state index in [0.29, 0.717) is 6.54 Å². The molecule has 190 valence electrons. The first-order valence-corrected chi connectivity index (χ1v) is 13.9. The number of carbonyl (C=O) groups is 1. The van der Waals surface area contributed by atoms with E-state index < -0.39 is 0 Å². The smallest absolute Gasteiger partial charge is 0.322 e. The van der Waals surface area contributed by atoms with Gasteiger partial charge in [0.2, 0.25) is 0 Å². The number of aromatic nitrogens is 1. The molecule has 0 unspecified atom stereocenters. The highest BCUT2D eigenvalue weighted by atomic mass is 32.1. The van der Waals surface area contributed by atoms with Crippen LogP contribution in [-0.4, -0.2) is 29.6 Å². The van der Waals surface area contributed by atoms with Crippen molar-refractivity contribution in [3.05, 3.63) is 99.2 Å². The van der Waals surface area contributed by atoms with Crippen LogP contribution in [0.3, 0.4) is 0 Å². The highest BCUT2D eigenvalue weighted by molar-refractivity contribution is 7.15. The van der Waals surface area contributed by atoms with Crippen LogP contribution in [0.15, 0.2) is 60.8 Å². The number of anilines is 2. The van der Waals surface area contributed by atoms with Crippen LogP contribution in [0.4, 0.5) is 16.2 Å². The molecule has 1 N–H and O–H groups in total. The standard InChI is InChI=1S/C31H34N4OS/c1-20-16-21(2)18-23(17-20)32-31(36)35-19-26-25-8-5-6-10-28(25)37-30(26)34-15-7-9-27(34)29(35)22-11-13-24(14-12-22)33(3)4/h7,9,11-18,29H,5-6,8,10,19H2,1-4H3,(H,32,36)/t29-/m1/s1. The summed E-state index contributed by atoms with van der Waals surface area (Å²) in [6.45, 7) is 4.74. The number of hydrogen-bond acceptors (Lipinski definition) is 3. The van der Waals surface area contributed by atoms with Gasteiger partial charge >= 0.3 is 6.03 Å². The molecule has 0 bridgehead atoms. The molecule has 2 aromatic carbocycles. The van der Waals surface area contributed by atoms with Crippen molar-refractivity contribution in [1.82, 2.24) is 9.47 Å². The maximum Gasteiger partial charge on any atom is 0.322 e. The van der Waals surface area contributed by atoms with Crippen molar-refractivity contribution in [3.8, 4) is 5.00 Å². The molecule has 0 fully saturated rings. The Hall–Kier alpha value is -3.51. The fourth-order valence-corrected chi connectivity index (χ4v) is 7.34. The van der Waals surface area contributed by atoms with Gasteiger partial charge in [-0.25, -0.2) is 4.79 Å². The fraction of sp³-hybridized carbons (Fsp3) is 0.323. The Balaban J connectivity index is 1.48. The average molecular weight is 511 g/mol. The predicted molar refractivity (Wildman–Crippen MR) is 153 cm³/mol. The minimum absolute atomic E-state index is 0.0666. The van der Waals surface area contributed by atoms with Crippen molar-refractivity contribution in [2.75, 3.05) is 24.3 Å². The molecule has 0 radical (unpaired) electrons. The Bertz CT molecular complexity index is 1440. The van der Waals surface area contributed by atoms with Gasteiger partial charge in [-0.2, -0.15) is 0 Å². The zero-order valence-corrected chi connectivity index (χ0v) is 22.9. The van der Waals surface area contributed by atoms with Gasteiger partial charge in [-0.1, -0.05) is 18.2 Å². The maximum atomic E-state index is 14.1. The third-order valence-electron chi connectivity index (χ3n) is 7.64. The SMILES string of the molecule is Cc1cc(C)cc(NC(=O)N2Cc3c(sc4c3CCCC4)-n3cccc3[C@H]2c2ccc(N(C)C)cc2)c1. The second kappa shape index (κ2) is 9.42. The van der Waals surface area contributed by atoms with E-state index in [1.165, 1.54) is 33.8 Å². The van der Waals surface area contributed by atoms with Crippen LogP contribution in [0.5, 0.6) is 0 Å². The minimum atomic E-state index is -0.198. The summed E-state index contributed by atoms with van der Waals surface area (Å²) in [7, 11) is 4.10. The zero-order valence-electron chi connectivity index (χ0n) is 22.0. The Morgan fingerprint density at radius 1 is 0.973 bits per heavy atom. The monoisotopic (exact) mass is 510 g/mol. The number of aryl methyl sites for hydroxylation is 3. The number of benzene rings is 2. The number of amides is 2. The number of hydrogen-bond donors (Lipinski definition) is 1. The maximum absolute atomic E-state index is 14.1. The van der Waals surface area contributed by atoms with Crippen molar-refractivity contribution >= 4 is 28.7 Å². The number of rotatable bonds is 3. The number of nitrogens with zero attached hydrogens (tertiary/aromatic N) is 3. The van der Waals surface area contributed by atoms with Crippen LogP contribution < -0.4 is 10.2 Å². The Kier molecular flexibility index (Phi) is 6.07. The molecule has 37 heavy (non-hydrogen) atoms. The molecule has 1 atom stereocenters. The van der Waals surface area contributed by atoms with E-state index in [1.54, 1.807) is 0 Å². The van der Waals surface area contributed by atoms with Crippen molar-refractivity contribution in [1.29, 1.82) is 0 Å². The second-order valence-electron chi connectivity index (χ2n) is 10.6. The molecule has 6 heteroatoms. The van der Waals surface area contributed by atoms with E-state index in [-0.39, 0.29) is 12.1 Å². The molecule has 6 rings (SSSR count). The van der Waals surface area contributed by atoms with Gasteiger partial charge in [0, 0.05) is 42.1 Å². The van der Waals surface area contributed by atoms with Crippen LogP contribution in [0, 0.1) is 13.8 Å². The van der Waals surface area contributed by atoms with Gasteiger partial charge in [0.05, 0.1) is 18.3 Å². The number of thiophene rings is 1. The van der Waals surface area contributed by atoms with E-state index in [0.717, 1.165) is 46.6 Å². The fourth-order valence-electron chi connectivity index (χ4n) is 5.93. The third kappa shape index (κ3) is 4.33. The third-order valence-corrected chi connectivity index (χ3v) is 8.97. The number of nitrogens with one attached hydrogen (secondary N) is 1. The summed E-state index contributed by atoms with van der Waals surface area (Å²) in [6.07, 6.45) is 6.89. The van der Waals surface area contributed by atoms with Crippen LogP contribution in [0.1, 0.15) is 57.3 Å². The molecule has 2 aliphatic rings. The van der Waals surface area contributed by atoms with Crippen LogP contribution in [-0.2, 0) is 19.4 Å². The van der Waals surface area contributed by atoms with Gasteiger partial charge in [0.25, 0.3) is 0 Å². The van der Waals surface area contributed by atoms with Crippen LogP contribution >= 0.6 is 11.3 Å². The van der Waals surface area contributed by atoms with E-state index >= 15 is 0 Å². The molecular weight excluding hydrogens is 476 g/mol. The van der Waals surface area contributed by atoms with Crippen LogP contribution in [0.25, 0.3) is 5.00 Å². The summed E-state index contributed by atoms with van der Waals surface area (Å²) < 4.78 is 2.34. The largest absolute Gasteiger partial charge is 0.378 e. The van der Waals surface area contributed by atoms with Crippen molar-refractivity contribution in [3.63, 3.8) is 0 Å². The molecule has 2 aromatic heterocycles. The average Bonchev–Trinajstić information content (AvgIpc) is 3.45. The Morgan fingerprint density at radius 2 is 1.70 bits per heavy atom. The molecule has 4 aromatic rings. The molecule has 1 aliphatic heterocycles. The first-order chi connectivity index (χ1) is 17.9. The first kappa shape index (κ1) is 23.9. The number of urea groups is 1. The molecule has 5 nitrogen and oxygen atoms in total. The summed E-state index contributed by atoms with van der Waals surface area (Å²) in [5.41, 5.74) is 9.31. The van der Waals surface area contributed by atoms with Gasteiger partial charge in [-0.3, -0.25) is 0 Å². The van der Waals surface area contributed by atoms with Crippen molar-refractivity contribution < 1.29 is 4.79 Å². The lowest BCUT2D eigenvalue weighted by Crippen LogP contribution is -2.38. The molecule has 1 aliphatic carbocycles. The van der Waals surface area contributed by atoms with E-state index in [4.69, 9.17) is 0 Å². The van der Waals surface area contributed by atoms with Gasteiger partial charge in [-0.15, -0.1) is 11.3 Å². The highest BCUT2D eigenvalue weighted by Gasteiger charge is 2.36. The molecule has 0 spiro atoms. The number of fused-ring (bicyclic) bond motifs is 5. The van der Waals surface area contributed by atoms with E-state index in [1.807, 2.05) is 28.4 Å². The molecule has 0 saturated carbocycles. The topological polar surface area (TPSA) is 40.5 Å². The van der Waals surface area contributed by atoms with Gasteiger partial charge in [0.15, 0.2) is 0 Å². The van der Waals surface area contributed by atoms with Crippen molar-refractivity contribution in [2.45, 2.75) is 52.1 Å². The van der Waals surface area contributed by atoms with E-state index in [9.17, 15) is 4.79 Å². The highest BCUT2D eigenvalue weighted by Crippen LogP contribution is 2.44. The summed E-state index contributed by atoms with van der Waals surface area (Å²) in [4.78, 5) is 19.8. The Labute approximate surface area is 223 Å². The first-order valence-electron chi connectivity index (χ1n) is 13.1. The normalized spacial score (nSPS) is 16.4. The summed E-state index contributed by atoms with van der Waals surface area (Å²) in [5, 5.41) is 4.53. The predicted octanol–water partition coefficient (Wildman–Crippen LogP) is 7.24. The van der Waals surface area contributed by atoms with Crippen molar-refractivity contribution in [2.24, 2.45) is 0 Å². The second-order valence-corrected chi connectivity index (χ2v) is 11.7. The summed E-state index contributed by atoms with van der Waals surface area (Å²) in [6, 6.07) is 18.9. The number of carbonyl (C=O) groups excluding carboxylic acids is 1. The minimum Gasteiger partial charge on any atom is -0.378 e. The zero-order chi connectivity index (χ0) is 25.7. The summed E-state index contributed by atoms with van der Waals surface area (Å²) >= 11 is 1.92. The lowest BCUT2D eigenvalue weighted by atomic mass is 9.95. The van der Waals surface area contributed by atoms with Gasteiger partial charge in [0.1, 0.15) is 5.00 Å². The quantitative estimate of drug-likeness (QED) is 0.316. The molecule has 2 amide bonds.